The molecule has 0 saturated heterocycles. The van der Waals surface area contributed by atoms with Gasteiger partial charge in [-0.25, -0.2) is 9.78 Å². The van der Waals surface area contributed by atoms with Gasteiger partial charge in [0.2, 0.25) is 0 Å². The number of amides is 1. The van der Waals surface area contributed by atoms with Crippen molar-refractivity contribution in [3.8, 4) is 22.4 Å². The fourth-order valence-electron chi connectivity index (χ4n) is 4.04. The summed E-state index contributed by atoms with van der Waals surface area (Å²) in [5, 5.41) is 6.47. The molecule has 0 unspecified atom stereocenters. The van der Waals surface area contributed by atoms with Crippen molar-refractivity contribution >= 4 is 50.7 Å². The van der Waals surface area contributed by atoms with Crippen LogP contribution in [-0.2, 0) is 16.6 Å². The Morgan fingerprint density at radius 3 is 2.35 bits per heavy atom. The number of anilines is 1. The maximum absolute atomic E-state index is 13.3. The average Bonchev–Trinajstić information content (AvgIpc) is 3.39. The lowest BCUT2D eigenvalue weighted by molar-refractivity contribution is -0.119. The maximum Gasteiger partial charge on any atom is 0.356 e. The Kier molecular flexibility index (Phi) is 6.85. The summed E-state index contributed by atoms with van der Waals surface area (Å²) in [5.41, 5.74) is 2.56. The molecule has 0 spiro atoms. The van der Waals surface area contributed by atoms with Gasteiger partial charge in [0.1, 0.15) is 5.69 Å². The summed E-state index contributed by atoms with van der Waals surface area (Å²) in [6.45, 7) is -0.542. The molecule has 7 nitrogen and oxygen atoms in total. The number of fused-ring (bicyclic) bond motifs is 1. The molecule has 0 atom stereocenters. The minimum atomic E-state index is -0.797. The summed E-state index contributed by atoms with van der Waals surface area (Å²) in [4.78, 5) is 43.3. The summed E-state index contributed by atoms with van der Waals surface area (Å²) >= 11 is 7.34. The second-order valence-corrected chi connectivity index (χ2v) is 9.46. The van der Waals surface area contributed by atoms with Gasteiger partial charge in [-0.3, -0.25) is 14.9 Å². The van der Waals surface area contributed by atoms with Crippen LogP contribution >= 0.6 is 22.9 Å². The fraction of sp³-hybridized carbons (Fsp3) is 0.0714. The number of carbonyl (C=O) groups excluding carboxylic acids is 2. The second kappa shape index (κ2) is 10.4. The zero-order valence-corrected chi connectivity index (χ0v) is 21.2. The molecule has 5 aromatic rings. The highest BCUT2D eigenvalue weighted by Crippen LogP contribution is 2.32. The third kappa shape index (κ3) is 5.02. The summed E-state index contributed by atoms with van der Waals surface area (Å²) in [5.74, 6) is -1.34. The first kappa shape index (κ1) is 24.4. The Morgan fingerprint density at radius 2 is 1.62 bits per heavy atom. The predicted molar refractivity (Wildman–Crippen MR) is 146 cm³/mol. The van der Waals surface area contributed by atoms with Crippen LogP contribution in [0.25, 0.3) is 33.2 Å². The SMILES string of the molecule is Cn1c(C(=O)OCC(=O)Nc2nc(-c3ccccc3)cs2)c(-c2ccc(Cl)cc2)c2ccccc2c1=O. The molecule has 5 rings (SSSR count). The smallest absolute Gasteiger partial charge is 0.356 e. The molecule has 1 amide bonds. The monoisotopic (exact) mass is 529 g/mol. The molecule has 37 heavy (non-hydrogen) atoms. The van der Waals surface area contributed by atoms with Crippen molar-refractivity contribution in [3.63, 3.8) is 0 Å². The number of hydrogen-bond donors (Lipinski definition) is 1. The number of benzene rings is 3. The van der Waals surface area contributed by atoms with E-state index in [1.165, 1.54) is 23.0 Å². The Morgan fingerprint density at radius 1 is 0.946 bits per heavy atom. The van der Waals surface area contributed by atoms with E-state index in [9.17, 15) is 14.4 Å². The maximum atomic E-state index is 13.3. The van der Waals surface area contributed by atoms with Gasteiger partial charge in [0.25, 0.3) is 11.5 Å². The molecule has 0 radical (unpaired) electrons. The standard InChI is InChI=1S/C28H20ClN3O4S/c1-32-25(24(18-11-13-19(29)14-12-18)20-9-5-6-10-21(20)26(32)34)27(35)36-15-23(33)31-28-30-22(16-37-28)17-7-3-2-4-8-17/h2-14,16H,15H2,1H3,(H,30,31,33). The molecule has 2 aromatic heterocycles. The normalized spacial score (nSPS) is 10.9. The summed E-state index contributed by atoms with van der Waals surface area (Å²) < 4.78 is 6.61. The number of ether oxygens (including phenoxy) is 1. The van der Waals surface area contributed by atoms with Gasteiger partial charge in [-0.15, -0.1) is 11.3 Å². The third-order valence-electron chi connectivity index (χ3n) is 5.78. The van der Waals surface area contributed by atoms with Crippen LogP contribution in [0.5, 0.6) is 0 Å². The van der Waals surface area contributed by atoms with Crippen LogP contribution in [0.1, 0.15) is 10.5 Å². The van der Waals surface area contributed by atoms with E-state index in [1.54, 1.807) is 48.5 Å². The first-order chi connectivity index (χ1) is 17.9. The van der Waals surface area contributed by atoms with Crippen molar-refractivity contribution in [1.82, 2.24) is 9.55 Å². The molecule has 2 heterocycles. The number of hydrogen-bond acceptors (Lipinski definition) is 6. The van der Waals surface area contributed by atoms with Crippen molar-refractivity contribution in [2.45, 2.75) is 0 Å². The van der Waals surface area contributed by atoms with Crippen LogP contribution in [0.3, 0.4) is 0 Å². The van der Waals surface area contributed by atoms with E-state index < -0.39 is 18.5 Å². The minimum absolute atomic E-state index is 0.0411. The summed E-state index contributed by atoms with van der Waals surface area (Å²) in [6.07, 6.45) is 0. The van der Waals surface area contributed by atoms with Crippen LogP contribution in [0, 0.1) is 0 Å². The van der Waals surface area contributed by atoms with E-state index in [1.807, 2.05) is 35.7 Å². The quantitative estimate of drug-likeness (QED) is 0.282. The topological polar surface area (TPSA) is 90.3 Å². The second-order valence-electron chi connectivity index (χ2n) is 8.17. The lowest BCUT2D eigenvalue weighted by Gasteiger charge is -2.16. The van der Waals surface area contributed by atoms with Crippen LogP contribution in [0.2, 0.25) is 5.02 Å². The zero-order valence-electron chi connectivity index (χ0n) is 19.6. The van der Waals surface area contributed by atoms with E-state index in [2.05, 4.69) is 10.3 Å². The van der Waals surface area contributed by atoms with Crippen molar-refractivity contribution in [2.75, 3.05) is 11.9 Å². The van der Waals surface area contributed by atoms with E-state index in [0.29, 0.717) is 32.1 Å². The molecular formula is C28H20ClN3O4S. The molecule has 0 bridgehead atoms. The zero-order chi connectivity index (χ0) is 25.9. The fourth-order valence-corrected chi connectivity index (χ4v) is 4.90. The van der Waals surface area contributed by atoms with E-state index in [4.69, 9.17) is 16.3 Å². The van der Waals surface area contributed by atoms with E-state index >= 15 is 0 Å². The number of rotatable bonds is 6. The minimum Gasteiger partial charge on any atom is -0.451 e. The highest BCUT2D eigenvalue weighted by Gasteiger charge is 2.23. The molecule has 0 aliphatic carbocycles. The number of pyridine rings is 1. The van der Waals surface area contributed by atoms with E-state index in [-0.39, 0.29) is 11.3 Å². The average molecular weight is 530 g/mol. The third-order valence-corrected chi connectivity index (χ3v) is 6.79. The Hall–Kier alpha value is -4.27. The van der Waals surface area contributed by atoms with Gasteiger partial charge in [-0.05, 0) is 29.1 Å². The highest BCUT2D eigenvalue weighted by atomic mass is 35.5. The highest BCUT2D eigenvalue weighted by molar-refractivity contribution is 7.14. The first-order valence-electron chi connectivity index (χ1n) is 11.3. The molecular weight excluding hydrogens is 510 g/mol. The van der Waals surface area contributed by atoms with Crippen molar-refractivity contribution < 1.29 is 14.3 Å². The Balaban J connectivity index is 1.40. The van der Waals surface area contributed by atoms with Gasteiger partial charge in [-0.1, -0.05) is 72.3 Å². The first-order valence-corrected chi connectivity index (χ1v) is 12.5. The van der Waals surface area contributed by atoms with Crippen LogP contribution in [0.4, 0.5) is 5.13 Å². The Bertz CT molecular complexity index is 1680. The molecule has 0 saturated carbocycles. The summed E-state index contributed by atoms with van der Waals surface area (Å²) in [6, 6.07) is 23.6. The number of nitrogens with zero attached hydrogens (tertiary/aromatic N) is 2. The van der Waals surface area contributed by atoms with Gasteiger partial charge in [0.15, 0.2) is 11.7 Å². The van der Waals surface area contributed by atoms with Gasteiger partial charge in [0, 0.05) is 34.0 Å². The predicted octanol–water partition coefficient (Wildman–Crippen LogP) is 5.78. The molecule has 1 N–H and O–H groups in total. The largest absolute Gasteiger partial charge is 0.451 e. The number of halogens is 1. The number of nitrogens with one attached hydrogen (secondary N) is 1. The molecule has 3 aromatic carbocycles. The van der Waals surface area contributed by atoms with Crippen LogP contribution in [-0.4, -0.2) is 28.0 Å². The molecule has 184 valence electrons. The Labute approximate surface area is 220 Å². The van der Waals surface area contributed by atoms with Crippen molar-refractivity contribution in [1.29, 1.82) is 0 Å². The molecule has 0 aliphatic rings. The molecule has 9 heteroatoms. The molecule has 0 aliphatic heterocycles. The van der Waals surface area contributed by atoms with Gasteiger partial charge >= 0.3 is 5.97 Å². The van der Waals surface area contributed by atoms with Crippen LogP contribution < -0.4 is 10.9 Å². The lowest BCUT2D eigenvalue weighted by atomic mass is 9.97. The van der Waals surface area contributed by atoms with Gasteiger partial charge in [0.05, 0.1) is 5.69 Å². The van der Waals surface area contributed by atoms with E-state index in [0.717, 1.165) is 11.3 Å². The van der Waals surface area contributed by atoms with Crippen molar-refractivity contribution in [3.05, 3.63) is 105 Å². The van der Waals surface area contributed by atoms with Crippen LogP contribution in [0.15, 0.2) is 89.0 Å². The number of aromatic nitrogens is 2. The summed E-state index contributed by atoms with van der Waals surface area (Å²) in [7, 11) is 1.51. The van der Waals surface area contributed by atoms with Crippen molar-refractivity contribution in [2.24, 2.45) is 7.05 Å². The van der Waals surface area contributed by atoms with Gasteiger partial charge in [-0.2, -0.15) is 0 Å². The molecule has 0 fully saturated rings. The number of thiazole rings is 1. The number of esters is 1. The number of carbonyl (C=O) groups is 2. The van der Waals surface area contributed by atoms with Gasteiger partial charge < -0.3 is 9.30 Å². The lowest BCUT2D eigenvalue weighted by Crippen LogP contribution is -2.28.